The van der Waals surface area contributed by atoms with Crippen LogP contribution in [0.4, 0.5) is 0 Å². The second kappa shape index (κ2) is 4.07. The normalized spacial score (nSPS) is 9.50. The monoisotopic (exact) mass is 185 g/mol. The fourth-order valence-corrected chi connectivity index (χ4v) is 0.816. The highest BCUT2D eigenvalue weighted by Crippen LogP contribution is 2.14. The first-order chi connectivity index (χ1) is 5.72. The predicted molar refractivity (Wildman–Crippen MR) is 45.2 cm³/mol. The summed E-state index contributed by atoms with van der Waals surface area (Å²) in [4.78, 5) is 14.6. The van der Waals surface area contributed by atoms with E-state index in [1.807, 2.05) is 0 Å². The molecule has 0 aliphatic carbocycles. The number of aromatic nitrogens is 1. The molecule has 0 aliphatic heterocycles. The zero-order valence-corrected chi connectivity index (χ0v) is 7.34. The zero-order chi connectivity index (χ0) is 8.97. The number of nitrogens with zero attached hydrogens (tertiary/aromatic N) is 1. The van der Waals surface area contributed by atoms with Crippen molar-refractivity contribution in [2.45, 2.75) is 13.3 Å². The molecule has 0 aromatic carbocycles. The van der Waals surface area contributed by atoms with E-state index in [4.69, 9.17) is 16.3 Å². The van der Waals surface area contributed by atoms with Crippen molar-refractivity contribution in [2.75, 3.05) is 0 Å². The summed E-state index contributed by atoms with van der Waals surface area (Å²) < 4.78 is 4.88. The molecular formula is C8H8ClNO2. The summed E-state index contributed by atoms with van der Waals surface area (Å²) in [7, 11) is 0. The van der Waals surface area contributed by atoms with Crippen LogP contribution in [0.5, 0.6) is 5.75 Å². The molecule has 0 spiro atoms. The molecule has 0 radical (unpaired) electrons. The number of carbonyl (C=O) groups excluding carboxylic acids is 1. The lowest BCUT2D eigenvalue weighted by Crippen LogP contribution is -2.05. The fourth-order valence-electron chi connectivity index (χ4n) is 0.652. The van der Waals surface area contributed by atoms with Crippen LogP contribution in [0.2, 0.25) is 5.15 Å². The Bertz CT molecular complexity index is 288. The van der Waals surface area contributed by atoms with Crippen molar-refractivity contribution in [1.29, 1.82) is 0 Å². The number of ether oxygens (including phenoxy) is 1. The van der Waals surface area contributed by atoms with E-state index in [0.29, 0.717) is 17.3 Å². The Balaban J connectivity index is 2.69. The van der Waals surface area contributed by atoms with E-state index in [-0.39, 0.29) is 5.97 Å². The van der Waals surface area contributed by atoms with Gasteiger partial charge in [-0.2, -0.15) is 0 Å². The molecule has 0 N–H and O–H groups in total. The van der Waals surface area contributed by atoms with Gasteiger partial charge in [-0.1, -0.05) is 18.5 Å². The maximum atomic E-state index is 10.8. The lowest BCUT2D eigenvalue weighted by molar-refractivity contribution is -0.134. The van der Waals surface area contributed by atoms with Gasteiger partial charge in [0.15, 0.2) is 0 Å². The van der Waals surface area contributed by atoms with Crippen molar-refractivity contribution in [3.05, 3.63) is 23.5 Å². The van der Waals surface area contributed by atoms with Crippen LogP contribution in [0, 0.1) is 0 Å². The standard InChI is InChI=1S/C8H8ClNO2/c1-2-8(11)12-6-3-4-10-7(9)5-6/h3-5H,2H2,1H3. The smallest absolute Gasteiger partial charge is 0.310 e. The average Bonchev–Trinajstić information content (AvgIpc) is 2.04. The molecule has 0 atom stereocenters. The summed E-state index contributed by atoms with van der Waals surface area (Å²) in [6.07, 6.45) is 1.83. The first-order valence-corrected chi connectivity index (χ1v) is 3.92. The second-order valence-corrected chi connectivity index (χ2v) is 2.53. The highest BCUT2D eigenvalue weighted by molar-refractivity contribution is 6.29. The molecule has 1 aromatic rings. The van der Waals surface area contributed by atoms with Crippen molar-refractivity contribution < 1.29 is 9.53 Å². The molecule has 3 nitrogen and oxygen atoms in total. The SMILES string of the molecule is CCC(=O)Oc1ccnc(Cl)c1. The van der Waals surface area contributed by atoms with Crippen molar-refractivity contribution in [1.82, 2.24) is 4.98 Å². The van der Waals surface area contributed by atoms with E-state index in [1.54, 1.807) is 13.0 Å². The van der Waals surface area contributed by atoms with Gasteiger partial charge in [0.25, 0.3) is 0 Å². The molecule has 0 amide bonds. The third-order valence-corrected chi connectivity index (χ3v) is 1.43. The molecule has 1 rings (SSSR count). The largest absolute Gasteiger partial charge is 0.426 e. The summed E-state index contributed by atoms with van der Waals surface area (Å²) in [5, 5.41) is 0.316. The molecule has 0 bridgehead atoms. The first-order valence-electron chi connectivity index (χ1n) is 3.54. The molecular weight excluding hydrogens is 178 g/mol. The predicted octanol–water partition coefficient (Wildman–Crippen LogP) is 2.05. The van der Waals surface area contributed by atoms with Crippen LogP contribution in [-0.4, -0.2) is 11.0 Å². The first kappa shape index (κ1) is 9.00. The number of rotatable bonds is 2. The second-order valence-electron chi connectivity index (χ2n) is 2.14. The molecule has 1 aromatic heterocycles. The molecule has 0 fully saturated rings. The summed E-state index contributed by atoms with van der Waals surface area (Å²) in [6.45, 7) is 1.73. The quantitative estimate of drug-likeness (QED) is 0.523. The van der Waals surface area contributed by atoms with Crippen LogP contribution >= 0.6 is 11.6 Å². The number of esters is 1. The Labute approximate surface area is 75.3 Å². The average molecular weight is 186 g/mol. The van der Waals surface area contributed by atoms with Gasteiger partial charge in [-0.05, 0) is 6.07 Å². The fraction of sp³-hybridized carbons (Fsp3) is 0.250. The summed E-state index contributed by atoms with van der Waals surface area (Å²) in [5.41, 5.74) is 0. The van der Waals surface area contributed by atoms with Crippen molar-refractivity contribution in [3.63, 3.8) is 0 Å². The van der Waals surface area contributed by atoms with Gasteiger partial charge < -0.3 is 4.74 Å². The summed E-state index contributed by atoms with van der Waals surface area (Å²) in [5.74, 6) is 0.152. The summed E-state index contributed by atoms with van der Waals surface area (Å²) in [6, 6.07) is 3.08. The van der Waals surface area contributed by atoms with E-state index in [2.05, 4.69) is 4.98 Å². The highest BCUT2D eigenvalue weighted by atomic mass is 35.5. The van der Waals surface area contributed by atoms with Crippen LogP contribution in [0.3, 0.4) is 0 Å². The Morgan fingerprint density at radius 2 is 2.50 bits per heavy atom. The molecule has 0 saturated heterocycles. The molecule has 64 valence electrons. The third-order valence-electron chi connectivity index (χ3n) is 1.22. The molecule has 1 heterocycles. The maximum Gasteiger partial charge on any atom is 0.310 e. The molecule has 0 unspecified atom stereocenters. The number of carbonyl (C=O) groups is 1. The topological polar surface area (TPSA) is 39.2 Å². The minimum absolute atomic E-state index is 0.280. The van der Waals surface area contributed by atoms with Gasteiger partial charge in [-0.25, -0.2) is 4.98 Å². The van der Waals surface area contributed by atoms with Gasteiger partial charge in [0.05, 0.1) is 0 Å². The van der Waals surface area contributed by atoms with Gasteiger partial charge in [-0.15, -0.1) is 0 Å². The Morgan fingerprint density at radius 1 is 1.75 bits per heavy atom. The molecule has 0 saturated carbocycles. The van der Waals surface area contributed by atoms with Crippen LogP contribution in [0.1, 0.15) is 13.3 Å². The number of hydrogen-bond donors (Lipinski definition) is 0. The maximum absolute atomic E-state index is 10.8. The number of halogens is 1. The van der Waals surface area contributed by atoms with E-state index in [0.717, 1.165) is 0 Å². The summed E-state index contributed by atoms with van der Waals surface area (Å²) >= 11 is 5.57. The van der Waals surface area contributed by atoms with E-state index >= 15 is 0 Å². The highest BCUT2D eigenvalue weighted by Gasteiger charge is 2.01. The number of hydrogen-bond acceptors (Lipinski definition) is 3. The van der Waals surface area contributed by atoms with E-state index in [9.17, 15) is 4.79 Å². The van der Waals surface area contributed by atoms with Crippen molar-refractivity contribution >= 4 is 17.6 Å². The van der Waals surface area contributed by atoms with E-state index < -0.39 is 0 Å². The van der Waals surface area contributed by atoms with Gasteiger partial charge in [-0.3, -0.25) is 4.79 Å². The van der Waals surface area contributed by atoms with Crippen molar-refractivity contribution in [2.24, 2.45) is 0 Å². The van der Waals surface area contributed by atoms with Gasteiger partial charge in [0, 0.05) is 18.7 Å². The van der Waals surface area contributed by atoms with Crippen molar-refractivity contribution in [3.8, 4) is 5.75 Å². The minimum Gasteiger partial charge on any atom is -0.426 e. The third kappa shape index (κ3) is 2.51. The van der Waals surface area contributed by atoms with Crippen LogP contribution in [0.15, 0.2) is 18.3 Å². The van der Waals surface area contributed by atoms with Crippen LogP contribution < -0.4 is 4.74 Å². The minimum atomic E-state index is -0.280. The zero-order valence-electron chi connectivity index (χ0n) is 6.58. The molecule has 12 heavy (non-hydrogen) atoms. The van der Waals surface area contributed by atoms with Crippen LogP contribution in [0.25, 0.3) is 0 Å². The van der Waals surface area contributed by atoms with Gasteiger partial charge in [0.1, 0.15) is 10.9 Å². The number of pyridine rings is 1. The van der Waals surface area contributed by atoms with Gasteiger partial charge >= 0.3 is 5.97 Å². The Hall–Kier alpha value is -1.09. The Kier molecular flexibility index (Phi) is 3.05. The van der Waals surface area contributed by atoms with Crippen LogP contribution in [-0.2, 0) is 4.79 Å². The lowest BCUT2D eigenvalue weighted by atomic mass is 10.4. The van der Waals surface area contributed by atoms with E-state index in [1.165, 1.54) is 12.3 Å². The lowest BCUT2D eigenvalue weighted by Gasteiger charge is -2.00. The molecule has 4 heteroatoms. The van der Waals surface area contributed by atoms with Gasteiger partial charge in [0.2, 0.25) is 0 Å². The molecule has 0 aliphatic rings. The Morgan fingerprint density at radius 3 is 3.08 bits per heavy atom.